The number of hydrogen-bond donors (Lipinski definition) is 1. The van der Waals surface area contributed by atoms with Gasteiger partial charge < -0.3 is 5.32 Å². The molecule has 1 saturated heterocycles. The molecule has 1 unspecified atom stereocenters. The van der Waals surface area contributed by atoms with Gasteiger partial charge in [0.15, 0.2) is 5.54 Å². The van der Waals surface area contributed by atoms with Crippen LogP contribution in [-0.4, -0.2) is 38.2 Å². The lowest BCUT2D eigenvalue weighted by Crippen LogP contribution is -2.40. The number of rotatable bonds is 10. The fourth-order valence-corrected chi connectivity index (χ4v) is 7.09. The number of nitrogens with zero attached hydrogens (tertiary/aromatic N) is 5. The second kappa shape index (κ2) is 13.9. The second-order valence-corrected chi connectivity index (χ2v) is 12.8. The first-order chi connectivity index (χ1) is 23.1. The largest absolute Gasteiger partial charge is 0.379 e. The van der Waals surface area contributed by atoms with E-state index in [1.807, 2.05) is 66.7 Å². The average Bonchev–Trinajstić information content (AvgIpc) is 3.62. The Morgan fingerprint density at radius 2 is 1.43 bits per heavy atom. The predicted octanol–water partition coefficient (Wildman–Crippen LogP) is 8.99. The van der Waals surface area contributed by atoms with Crippen molar-refractivity contribution in [2.24, 2.45) is 0 Å². The second-order valence-electron chi connectivity index (χ2n) is 12.4. The molecule has 1 fully saturated rings. The van der Waals surface area contributed by atoms with Crippen LogP contribution >= 0.6 is 11.6 Å². The Hall–Kier alpha value is -4.78. The lowest BCUT2D eigenvalue weighted by Gasteiger charge is -2.34. The van der Waals surface area contributed by atoms with E-state index in [9.17, 15) is 0 Å². The maximum Gasteiger partial charge on any atom is 0.204 e. The molecule has 236 valence electrons. The fraction of sp³-hybridized carbons (Fsp3) is 0.225. The van der Waals surface area contributed by atoms with Crippen LogP contribution in [0.2, 0.25) is 5.02 Å². The number of nitrogens with one attached hydrogen (secondary N) is 1. The molecule has 0 bridgehead atoms. The molecule has 1 aliphatic rings. The van der Waals surface area contributed by atoms with Gasteiger partial charge in [-0.05, 0) is 84.6 Å². The van der Waals surface area contributed by atoms with E-state index in [-0.39, 0.29) is 6.04 Å². The van der Waals surface area contributed by atoms with E-state index >= 15 is 0 Å². The van der Waals surface area contributed by atoms with E-state index in [1.54, 1.807) is 4.80 Å². The summed E-state index contributed by atoms with van der Waals surface area (Å²) >= 11 is 6.96. The van der Waals surface area contributed by atoms with Crippen molar-refractivity contribution in [3.63, 3.8) is 0 Å². The first kappa shape index (κ1) is 30.9. The summed E-state index contributed by atoms with van der Waals surface area (Å²) in [6.07, 6.45) is 3.95. The zero-order valence-corrected chi connectivity index (χ0v) is 27.4. The molecule has 0 radical (unpaired) electrons. The van der Waals surface area contributed by atoms with E-state index in [0.717, 1.165) is 40.0 Å². The number of piperidine rings is 1. The molecule has 0 spiro atoms. The molecule has 6 nitrogen and oxygen atoms in total. The monoisotopic (exact) mass is 638 g/mol. The van der Waals surface area contributed by atoms with Crippen LogP contribution < -0.4 is 5.32 Å². The maximum atomic E-state index is 6.96. The molecule has 2 heterocycles. The SMILES string of the molecule is CC(Nc1cccc(CN2CCCCC2)c1)c1cccc(-c2nnn(C(c3ccccc3)(c3ccccc3)c3ccccc3Cl)n2)c1. The molecule has 0 amide bonds. The predicted molar refractivity (Wildman–Crippen MR) is 190 cm³/mol. The van der Waals surface area contributed by atoms with E-state index in [0.29, 0.717) is 10.8 Å². The minimum atomic E-state index is -0.947. The van der Waals surface area contributed by atoms with E-state index < -0.39 is 5.54 Å². The normalized spacial score (nSPS) is 14.5. The van der Waals surface area contributed by atoms with Gasteiger partial charge in [0.25, 0.3) is 0 Å². The summed E-state index contributed by atoms with van der Waals surface area (Å²) in [5, 5.41) is 18.8. The Bertz CT molecular complexity index is 1880. The van der Waals surface area contributed by atoms with Crippen LogP contribution in [0.15, 0.2) is 133 Å². The first-order valence-electron chi connectivity index (χ1n) is 16.5. The molecule has 1 atom stereocenters. The van der Waals surface area contributed by atoms with Crippen LogP contribution in [-0.2, 0) is 12.1 Å². The first-order valence-corrected chi connectivity index (χ1v) is 16.8. The van der Waals surface area contributed by atoms with Gasteiger partial charge in [-0.3, -0.25) is 4.90 Å². The van der Waals surface area contributed by atoms with Crippen LogP contribution in [0, 0.1) is 0 Å². The van der Waals surface area contributed by atoms with Crippen LogP contribution in [0.5, 0.6) is 0 Å². The number of aromatic nitrogens is 4. The lowest BCUT2D eigenvalue weighted by molar-refractivity contribution is 0.221. The highest BCUT2D eigenvalue weighted by Crippen LogP contribution is 2.43. The molecular weight excluding hydrogens is 600 g/mol. The number of benzene rings is 5. The number of tetrazole rings is 1. The summed E-state index contributed by atoms with van der Waals surface area (Å²) in [6.45, 7) is 5.57. The number of halogens is 1. The average molecular weight is 639 g/mol. The number of anilines is 1. The fourth-order valence-electron chi connectivity index (χ4n) is 6.82. The lowest BCUT2D eigenvalue weighted by atomic mass is 9.77. The van der Waals surface area contributed by atoms with Crippen LogP contribution in [0.1, 0.15) is 60.0 Å². The Morgan fingerprint density at radius 3 is 2.15 bits per heavy atom. The van der Waals surface area contributed by atoms with Gasteiger partial charge in [0.05, 0.1) is 0 Å². The summed E-state index contributed by atoms with van der Waals surface area (Å²) in [5.41, 5.74) is 6.40. The van der Waals surface area contributed by atoms with Gasteiger partial charge in [-0.15, -0.1) is 15.0 Å². The van der Waals surface area contributed by atoms with Crippen molar-refractivity contribution >= 4 is 17.3 Å². The summed E-state index contributed by atoms with van der Waals surface area (Å²) in [5.74, 6) is 0.547. The molecule has 0 saturated carbocycles. The summed E-state index contributed by atoms with van der Waals surface area (Å²) in [4.78, 5) is 4.28. The number of likely N-dealkylation sites (tertiary alicyclic amines) is 1. The molecule has 1 aromatic heterocycles. The molecule has 7 rings (SSSR count). The van der Waals surface area contributed by atoms with Crippen molar-refractivity contribution in [1.82, 2.24) is 25.1 Å². The van der Waals surface area contributed by atoms with Gasteiger partial charge >= 0.3 is 0 Å². The minimum Gasteiger partial charge on any atom is -0.379 e. The summed E-state index contributed by atoms with van der Waals surface area (Å²) in [6, 6.07) is 45.7. The van der Waals surface area contributed by atoms with Crippen LogP contribution in [0.4, 0.5) is 5.69 Å². The summed E-state index contributed by atoms with van der Waals surface area (Å²) in [7, 11) is 0. The zero-order valence-electron chi connectivity index (χ0n) is 26.6. The standard InChI is InChI=1S/C40H39ClN6/c1-30(42-36-22-13-15-31(27-36)29-46-25-11-4-12-26-46)32-16-14-17-33(28-32)39-43-45-47(44-39)40(34-18-5-2-6-19-34,35-20-7-3-8-21-35)37-23-9-10-24-38(37)41/h2-3,5-10,13-24,27-28,30,42H,4,11-12,25-26,29H2,1H3. The molecule has 7 heteroatoms. The van der Waals surface area contributed by atoms with Gasteiger partial charge in [0, 0.05) is 34.4 Å². The van der Waals surface area contributed by atoms with Gasteiger partial charge in [-0.2, -0.15) is 0 Å². The van der Waals surface area contributed by atoms with Crippen molar-refractivity contribution in [3.8, 4) is 11.4 Å². The van der Waals surface area contributed by atoms with Gasteiger partial charge in [-0.25, -0.2) is 0 Å². The van der Waals surface area contributed by atoms with Crippen LogP contribution in [0.3, 0.4) is 0 Å². The quantitative estimate of drug-likeness (QED) is 0.152. The zero-order chi connectivity index (χ0) is 32.1. The van der Waals surface area contributed by atoms with Crippen molar-refractivity contribution in [2.45, 2.75) is 44.3 Å². The van der Waals surface area contributed by atoms with E-state index in [2.05, 4.69) is 89.0 Å². The number of hydrogen-bond acceptors (Lipinski definition) is 5. The molecule has 0 aliphatic carbocycles. The Balaban J connectivity index is 1.22. The van der Waals surface area contributed by atoms with Gasteiger partial charge in [0.1, 0.15) is 0 Å². The van der Waals surface area contributed by atoms with Gasteiger partial charge in [-0.1, -0.05) is 127 Å². The van der Waals surface area contributed by atoms with Crippen molar-refractivity contribution < 1.29 is 0 Å². The molecule has 5 aromatic carbocycles. The Morgan fingerprint density at radius 1 is 0.745 bits per heavy atom. The van der Waals surface area contributed by atoms with Crippen molar-refractivity contribution in [3.05, 3.63) is 166 Å². The van der Waals surface area contributed by atoms with Crippen LogP contribution in [0.25, 0.3) is 11.4 Å². The van der Waals surface area contributed by atoms with Crippen molar-refractivity contribution in [1.29, 1.82) is 0 Å². The Labute approximate surface area is 282 Å². The molecular formula is C40H39ClN6. The van der Waals surface area contributed by atoms with E-state index in [4.69, 9.17) is 21.9 Å². The third kappa shape index (κ3) is 6.44. The highest BCUT2D eigenvalue weighted by Gasteiger charge is 2.42. The molecule has 1 aliphatic heterocycles. The smallest absolute Gasteiger partial charge is 0.204 e. The van der Waals surface area contributed by atoms with Crippen molar-refractivity contribution in [2.75, 3.05) is 18.4 Å². The molecule has 1 N–H and O–H groups in total. The maximum absolute atomic E-state index is 6.96. The van der Waals surface area contributed by atoms with E-state index in [1.165, 1.54) is 37.9 Å². The third-order valence-corrected chi connectivity index (χ3v) is 9.50. The third-order valence-electron chi connectivity index (χ3n) is 9.17. The van der Waals surface area contributed by atoms with Gasteiger partial charge in [0.2, 0.25) is 5.82 Å². The molecule has 6 aromatic rings. The Kier molecular flexibility index (Phi) is 9.14. The molecule has 47 heavy (non-hydrogen) atoms. The highest BCUT2D eigenvalue weighted by atomic mass is 35.5. The topological polar surface area (TPSA) is 58.9 Å². The summed E-state index contributed by atoms with van der Waals surface area (Å²) < 4.78 is 0. The highest BCUT2D eigenvalue weighted by molar-refractivity contribution is 6.31. The minimum absolute atomic E-state index is 0.0751.